The van der Waals surface area contributed by atoms with Crippen LogP contribution in [0.5, 0.6) is 0 Å². The zero-order chi connectivity index (χ0) is 14.3. The van der Waals surface area contributed by atoms with Gasteiger partial charge < -0.3 is 5.73 Å². The van der Waals surface area contributed by atoms with Gasteiger partial charge in [0.1, 0.15) is 5.82 Å². The molecule has 2 N–H and O–H groups in total. The Balaban J connectivity index is 2.84. The Morgan fingerprint density at radius 3 is 2.68 bits per heavy atom. The molecule has 0 saturated heterocycles. The molecular weight excluding hydrogens is 291 g/mol. The molecule has 2 rings (SSSR count). The molecule has 0 fully saturated rings. The zero-order valence-electron chi connectivity index (χ0n) is 10.1. The minimum atomic E-state index is -0.666. The maximum Gasteiger partial charge on any atom is 0.280 e. The van der Waals surface area contributed by atoms with Crippen molar-refractivity contribution in [1.29, 1.82) is 0 Å². The van der Waals surface area contributed by atoms with Crippen LogP contribution in [0.2, 0.25) is 5.02 Å². The number of anilines is 1. The molecule has 0 aliphatic carbocycles. The summed E-state index contributed by atoms with van der Waals surface area (Å²) in [6.07, 6.45) is 0. The number of rotatable bonds is 1. The fourth-order valence-electron chi connectivity index (χ4n) is 1.61. The fraction of sp³-hybridized carbons (Fsp3) is 0.182. The molecule has 0 unspecified atom stereocenters. The summed E-state index contributed by atoms with van der Waals surface area (Å²) in [6.45, 7) is 0. The van der Waals surface area contributed by atoms with Crippen molar-refractivity contribution in [2.45, 2.75) is 0 Å². The van der Waals surface area contributed by atoms with E-state index in [0.717, 1.165) is 6.07 Å². The summed E-state index contributed by atoms with van der Waals surface area (Å²) in [7, 11) is 3.06. The first-order valence-electron chi connectivity index (χ1n) is 5.22. The van der Waals surface area contributed by atoms with Gasteiger partial charge in [-0.2, -0.15) is 5.10 Å². The van der Waals surface area contributed by atoms with Crippen molar-refractivity contribution in [2.75, 3.05) is 5.73 Å². The van der Waals surface area contributed by atoms with Crippen molar-refractivity contribution < 1.29 is 4.39 Å². The van der Waals surface area contributed by atoms with Gasteiger partial charge >= 0.3 is 0 Å². The van der Waals surface area contributed by atoms with E-state index in [9.17, 15) is 9.18 Å². The van der Waals surface area contributed by atoms with Gasteiger partial charge in [0.25, 0.3) is 5.56 Å². The van der Waals surface area contributed by atoms with E-state index >= 15 is 0 Å². The smallest absolute Gasteiger partial charge is 0.280 e. The summed E-state index contributed by atoms with van der Waals surface area (Å²) < 4.78 is 16.7. The van der Waals surface area contributed by atoms with E-state index in [4.69, 9.17) is 29.6 Å². The lowest BCUT2D eigenvalue weighted by molar-refractivity contribution is 0.613. The lowest BCUT2D eigenvalue weighted by Gasteiger charge is -2.09. The van der Waals surface area contributed by atoms with Crippen LogP contribution in [0.3, 0.4) is 0 Å². The molecule has 5 nitrogen and oxygen atoms in total. The Morgan fingerprint density at radius 2 is 2.05 bits per heavy atom. The van der Waals surface area contributed by atoms with Gasteiger partial charge in [-0.15, -0.1) is 0 Å². The SMILES string of the molecule is Cn1nc(-c2cc(N)c(Cl)cc2F)c(=O)n(C)c1=S. The molecule has 2 aromatic rings. The first kappa shape index (κ1) is 13.7. The number of aromatic nitrogens is 3. The highest BCUT2D eigenvalue weighted by molar-refractivity contribution is 7.71. The van der Waals surface area contributed by atoms with E-state index in [0.29, 0.717) is 0 Å². The fourth-order valence-corrected chi connectivity index (χ4v) is 1.89. The number of nitrogens with zero attached hydrogens (tertiary/aromatic N) is 3. The predicted molar refractivity (Wildman–Crippen MR) is 74.1 cm³/mol. The van der Waals surface area contributed by atoms with Gasteiger partial charge in [0.2, 0.25) is 0 Å². The van der Waals surface area contributed by atoms with Crippen LogP contribution in [-0.4, -0.2) is 14.3 Å². The second kappa shape index (κ2) is 4.75. The van der Waals surface area contributed by atoms with Gasteiger partial charge in [0.15, 0.2) is 10.5 Å². The highest BCUT2D eigenvalue weighted by Gasteiger charge is 2.15. The number of aryl methyl sites for hydroxylation is 1. The highest BCUT2D eigenvalue weighted by atomic mass is 35.5. The Bertz CT molecular complexity index is 783. The minimum absolute atomic E-state index is 0.00639. The molecule has 0 atom stereocenters. The average Bonchev–Trinajstić information content (AvgIpc) is 2.36. The van der Waals surface area contributed by atoms with Crippen LogP contribution in [0.15, 0.2) is 16.9 Å². The Labute approximate surface area is 118 Å². The van der Waals surface area contributed by atoms with Gasteiger partial charge in [-0.05, 0) is 24.4 Å². The normalized spacial score (nSPS) is 10.7. The summed E-state index contributed by atoms with van der Waals surface area (Å²) in [6, 6.07) is 2.33. The molecule has 0 bridgehead atoms. The third-order valence-corrected chi connectivity index (χ3v) is 3.53. The molecule has 0 saturated carbocycles. The van der Waals surface area contributed by atoms with E-state index in [2.05, 4.69) is 5.10 Å². The van der Waals surface area contributed by atoms with E-state index < -0.39 is 11.4 Å². The molecule has 0 amide bonds. The molecule has 1 heterocycles. The summed E-state index contributed by atoms with van der Waals surface area (Å²) >= 11 is 10.7. The number of halogens is 2. The molecule has 8 heteroatoms. The van der Waals surface area contributed by atoms with Crippen molar-refractivity contribution >= 4 is 29.5 Å². The van der Waals surface area contributed by atoms with Crippen LogP contribution >= 0.6 is 23.8 Å². The maximum atomic E-state index is 13.9. The molecule has 100 valence electrons. The zero-order valence-corrected chi connectivity index (χ0v) is 11.7. The molecule has 1 aromatic heterocycles. The predicted octanol–water partition coefficient (Wildman–Crippen LogP) is 1.89. The van der Waals surface area contributed by atoms with Crippen molar-refractivity contribution in [3.8, 4) is 11.3 Å². The summed E-state index contributed by atoms with van der Waals surface area (Å²) in [5.74, 6) is -0.666. The molecule has 19 heavy (non-hydrogen) atoms. The van der Waals surface area contributed by atoms with E-state index in [-0.39, 0.29) is 26.7 Å². The second-order valence-corrected chi connectivity index (χ2v) is 4.74. The number of hydrogen-bond acceptors (Lipinski definition) is 4. The van der Waals surface area contributed by atoms with Gasteiger partial charge in [0, 0.05) is 19.7 Å². The van der Waals surface area contributed by atoms with Crippen LogP contribution in [0.4, 0.5) is 10.1 Å². The van der Waals surface area contributed by atoms with Crippen LogP contribution in [0.25, 0.3) is 11.3 Å². The van der Waals surface area contributed by atoms with Gasteiger partial charge in [-0.25, -0.2) is 9.07 Å². The maximum absolute atomic E-state index is 13.9. The minimum Gasteiger partial charge on any atom is -0.398 e. The molecule has 0 radical (unpaired) electrons. The number of hydrogen-bond donors (Lipinski definition) is 1. The number of nitrogen functional groups attached to an aromatic ring is 1. The lowest BCUT2D eigenvalue weighted by atomic mass is 10.1. The molecule has 0 aliphatic rings. The lowest BCUT2D eigenvalue weighted by Crippen LogP contribution is -2.26. The first-order chi connectivity index (χ1) is 8.82. The van der Waals surface area contributed by atoms with Crippen LogP contribution in [0, 0.1) is 10.6 Å². The summed E-state index contributed by atoms with van der Waals surface area (Å²) in [5, 5.41) is 4.06. The average molecular weight is 301 g/mol. The van der Waals surface area contributed by atoms with Crippen LogP contribution in [-0.2, 0) is 14.1 Å². The van der Waals surface area contributed by atoms with Gasteiger partial charge in [-0.1, -0.05) is 11.6 Å². The standard InChI is InChI=1S/C11H10ClFN4OS/c1-16-10(18)9(15-17(2)11(16)19)5-3-8(14)6(12)4-7(5)13/h3-4H,14H2,1-2H3. The molecular formula is C11H10ClFN4OS. The van der Waals surface area contributed by atoms with Crippen molar-refractivity contribution in [2.24, 2.45) is 14.1 Å². The quantitative estimate of drug-likeness (QED) is 0.645. The molecule has 0 aliphatic heterocycles. The third-order valence-electron chi connectivity index (χ3n) is 2.66. The summed E-state index contributed by atoms with van der Waals surface area (Å²) in [4.78, 5) is 12.1. The Hall–Kier alpha value is -1.73. The second-order valence-electron chi connectivity index (χ2n) is 3.97. The largest absolute Gasteiger partial charge is 0.398 e. The molecule has 0 spiro atoms. The van der Waals surface area contributed by atoms with Crippen LogP contribution in [0.1, 0.15) is 0 Å². The van der Waals surface area contributed by atoms with E-state index in [1.807, 2.05) is 0 Å². The number of nitrogens with two attached hydrogens (primary N) is 1. The topological polar surface area (TPSA) is 65.8 Å². The number of benzene rings is 1. The van der Waals surface area contributed by atoms with E-state index in [1.165, 1.54) is 22.4 Å². The summed E-state index contributed by atoms with van der Waals surface area (Å²) in [5.41, 5.74) is 5.22. The third kappa shape index (κ3) is 2.26. The van der Waals surface area contributed by atoms with Crippen molar-refractivity contribution in [1.82, 2.24) is 14.3 Å². The molecule has 1 aromatic carbocycles. The highest BCUT2D eigenvalue weighted by Crippen LogP contribution is 2.27. The monoisotopic (exact) mass is 300 g/mol. The van der Waals surface area contributed by atoms with Gasteiger partial charge in [0.05, 0.1) is 10.7 Å². The first-order valence-corrected chi connectivity index (χ1v) is 6.00. The van der Waals surface area contributed by atoms with Crippen molar-refractivity contribution in [3.05, 3.63) is 38.1 Å². The Morgan fingerprint density at radius 1 is 1.42 bits per heavy atom. The Kier molecular flexibility index (Phi) is 3.42. The van der Waals surface area contributed by atoms with Crippen LogP contribution < -0.4 is 11.3 Å². The van der Waals surface area contributed by atoms with Gasteiger partial charge in [-0.3, -0.25) is 9.36 Å². The van der Waals surface area contributed by atoms with E-state index in [1.54, 1.807) is 7.05 Å². The van der Waals surface area contributed by atoms with Crippen molar-refractivity contribution in [3.63, 3.8) is 0 Å².